The van der Waals surface area contributed by atoms with Crippen LogP contribution in [0, 0.1) is 0 Å². The van der Waals surface area contributed by atoms with E-state index in [1.807, 2.05) is 91.0 Å². The molecule has 0 aromatic heterocycles. The maximum Gasteiger partial charge on any atom is 0.323 e. The van der Waals surface area contributed by atoms with E-state index in [2.05, 4.69) is 50.8 Å². The second-order valence-electron chi connectivity index (χ2n) is 13.1. The molecule has 2 heterocycles. The van der Waals surface area contributed by atoms with E-state index in [1.165, 1.54) is 5.56 Å². The van der Waals surface area contributed by atoms with Crippen molar-refractivity contribution >= 4 is 17.4 Å². The Kier molecular flexibility index (Phi) is 11.3. The summed E-state index contributed by atoms with van der Waals surface area (Å²) in [6, 6.07) is 42.6. The highest BCUT2D eigenvalue weighted by Gasteiger charge is 2.34. The molecule has 0 unspecified atom stereocenters. The number of carbonyl (C=O) groups is 1. The summed E-state index contributed by atoms with van der Waals surface area (Å²) in [5, 5.41) is 15.3. The predicted octanol–water partition coefficient (Wildman–Crippen LogP) is 7.98. The van der Waals surface area contributed by atoms with Crippen molar-refractivity contribution in [3.05, 3.63) is 156 Å². The Morgan fingerprint density at radius 1 is 0.647 bits per heavy atom. The number of nitrogens with one attached hydrogen (secondary N) is 2. The standard InChI is InChI=1S/C42H44N4O5/c47-30-32-11-13-33(14-12-32)40-27-39(29-46-25-23-45(24-26-46)28-31-7-3-1-4-8-31)50-41(51-40)34-15-17-35(18-16-34)43-42(48)44-36-19-21-38(22-20-36)49-37-9-5-2-6-10-37/h1-22,39-41,47H,23-30H2,(H2,43,44,48)/t39-,40+,41+/m1/s1. The van der Waals surface area contributed by atoms with E-state index in [9.17, 15) is 9.90 Å². The van der Waals surface area contributed by atoms with Crippen LogP contribution < -0.4 is 15.4 Å². The van der Waals surface area contributed by atoms with E-state index in [4.69, 9.17) is 14.2 Å². The minimum atomic E-state index is -0.565. The number of hydrogen-bond donors (Lipinski definition) is 3. The molecule has 0 bridgehead atoms. The molecule has 2 fully saturated rings. The maximum absolute atomic E-state index is 12.8. The molecule has 2 amide bonds. The summed E-state index contributed by atoms with van der Waals surface area (Å²) < 4.78 is 19.0. The number of carbonyl (C=O) groups excluding carboxylic acids is 1. The number of hydrogen-bond acceptors (Lipinski definition) is 7. The fourth-order valence-electron chi connectivity index (χ4n) is 6.54. The van der Waals surface area contributed by atoms with Gasteiger partial charge in [0.25, 0.3) is 0 Å². The van der Waals surface area contributed by atoms with Crippen LogP contribution in [0.2, 0.25) is 0 Å². The van der Waals surface area contributed by atoms with Crippen LogP contribution >= 0.6 is 0 Å². The minimum absolute atomic E-state index is 0.00478. The second-order valence-corrected chi connectivity index (χ2v) is 13.1. The first-order chi connectivity index (χ1) is 25.1. The Hall–Kier alpha value is -5.03. The molecule has 2 aliphatic heterocycles. The van der Waals surface area contributed by atoms with Gasteiger partial charge in [-0.25, -0.2) is 4.79 Å². The van der Waals surface area contributed by atoms with Gasteiger partial charge in [-0.15, -0.1) is 0 Å². The normalized spacial score (nSPS) is 19.7. The van der Waals surface area contributed by atoms with Crippen molar-refractivity contribution in [3.63, 3.8) is 0 Å². The zero-order chi connectivity index (χ0) is 34.8. The number of nitrogens with zero attached hydrogens (tertiary/aromatic N) is 2. The number of aliphatic hydroxyl groups excluding tert-OH is 1. The summed E-state index contributed by atoms with van der Waals surface area (Å²) in [4.78, 5) is 17.8. The molecule has 7 rings (SSSR count). The molecule has 0 spiro atoms. The highest BCUT2D eigenvalue weighted by atomic mass is 16.7. The van der Waals surface area contributed by atoms with Crippen molar-refractivity contribution in [2.45, 2.75) is 38.1 Å². The molecule has 2 saturated heterocycles. The lowest BCUT2D eigenvalue weighted by Crippen LogP contribution is -2.49. The minimum Gasteiger partial charge on any atom is -0.457 e. The van der Waals surface area contributed by atoms with Gasteiger partial charge in [-0.1, -0.05) is 84.9 Å². The van der Waals surface area contributed by atoms with Gasteiger partial charge in [-0.3, -0.25) is 9.80 Å². The van der Waals surface area contributed by atoms with E-state index < -0.39 is 6.29 Å². The molecule has 3 N–H and O–H groups in total. The number of amides is 2. The van der Waals surface area contributed by atoms with Crippen LogP contribution in [-0.2, 0) is 22.6 Å². The zero-order valence-electron chi connectivity index (χ0n) is 28.6. The van der Waals surface area contributed by atoms with Gasteiger partial charge in [0.05, 0.1) is 18.8 Å². The Balaban J connectivity index is 0.959. The van der Waals surface area contributed by atoms with E-state index in [1.54, 1.807) is 12.1 Å². The predicted molar refractivity (Wildman–Crippen MR) is 199 cm³/mol. The van der Waals surface area contributed by atoms with Crippen molar-refractivity contribution in [1.29, 1.82) is 0 Å². The number of benzene rings is 5. The molecule has 51 heavy (non-hydrogen) atoms. The molecule has 5 aromatic rings. The van der Waals surface area contributed by atoms with Crippen molar-refractivity contribution in [3.8, 4) is 11.5 Å². The quantitative estimate of drug-likeness (QED) is 0.130. The Morgan fingerprint density at radius 3 is 1.86 bits per heavy atom. The maximum atomic E-state index is 12.8. The summed E-state index contributed by atoms with van der Waals surface area (Å²) >= 11 is 0. The van der Waals surface area contributed by atoms with Gasteiger partial charge >= 0.3 is 6.03 Å². The summed E-state index contributed by atoms with van der Waals surface area (Å²) in [6.07, 6.45) is -0.0164. The molecule has 5 aromatic carbocycles. The summed E-state index contributed by atoms with van der Waals surface area (Å²) in [5.41, 5.74) is 5.46. The highest BCUT2D eigenvalue weighted by Crippen LogP contribution is 2.38. The lowest BCUT2D eigenvalue weighted by molar-refractivity contribution is -0.253. The van der Waals surface area contributed by atoms with Crippen LogP contribution in [0.3, 0.4) is 0 Å². The average Bonchev–Trinajstić information content (AvgIpc) is 3.17. The number of para-hydroxylation sites is 1. The fraction of sp³-hybridized carbons (Fsp3) is 0.262. The molecular weight excluding hydrogens is 640 g/mol. The third kappa shape index (κ3) is 9.61. The van der Waals surface area contributed by atoms with Crippen LogP contribution in [0.1, 0.15) is 41.1 Å². The number of piperazine rings is 1. The molecule has 0 saturated carbocycles. The van der Waals surface area contributed by atoms with E-state index in [0.29, 0.717) is 17.1 Å². The molecule has 2 aliphatic rings. The molecule has 9 nitrogen and oxygen atoms in total. The van der Waals surface area contributed by atoms with E-state index in [0.717, 1.165) is 68.1 Å². The van der Waals surface area contributed by atoms with Gasteiger partial charge in [0.15, 0.2) is 6.29 Å². The number of anilines is 2. The molecule has 262 valence electrons. The summed E-state index contributed by atoms with van der Waals surface area (Å²) in [6.45, 7) is 5.81. The van der Waals surface area contributed by atoms with Crippen molar-refractivity contribution in [2.24, 2.45) is 0 Å². The third-order valence-electron chi connectivity index (χ3n) is 9.32. The summed E-state index contributed by atoms with van der Waals surface area (Å²) in [5.74, 6) is 1.43. The Morgan fingerprint density at radius 2 is 1.22 bits per heavy atom. The number of aliphatic hydroxyl groups is 1. The van der Waals surface area contributed by atoms with E-state index >= 15 is 0 Å². The lowest BCUT2D eigenvalue weighted by Gasteiger charge is -2.40. The third-order valence-corrected chi connectivity index (χ3v) is 9.32. The van der Waals surface area contributed by atoms with Gasteiger partial charge in [-0.2, -0.15) is 0 Å². The van der Waals surface area contributed by atoms with Crippen molar-refractivity contribution in [2.75, 3.05) is 43.4 Å². The Labute approximate surface area is 299 Å². The van der Waals surface area contributed by atoms with Gasteiger partial charge in [0.2, 0.25) is 0 Å². The fourth-order valence-corrected chi connectivity index (χ4v) is 6.54. The van der Waals surface area contributed by atoms with Crippen LogP contribution in [0.25, 0.3) is 0 Å². The number of ether oxygens (including phenoxy) is 3. The smallest absolute Gasteiger partial charge is 0.323 e. The topological polar surface area (TPSA) is 95.5 Å². The summed E-state index contributed by atoms with van der Waals surface area (Å²) in [7, 11) is 0. The monoisotopic (exact) mass is 684 g/mol. The first-order valence-electron chi connectivity index (χ1n) is 17.6. The van der Waals surface area contributed by atoms with E-state index in [-0.39, 0.29) is 24.8 Å². The SMILES string of the molecule is O=C(Nc1ccc(Oc2ccccc2)cc1)Nc1ccc([C@H]2O[C@@H](CN3CCN(Cc4ccccc4)CC3)C[C@@H](c3ccc(CO)cc3)O2)cc1. The van der Waals surface area contributed by atoms with Crippen LogP contribution in [0.5, 0.6) is 11.5 Å². The van der Waals surface area contributed by atoms with Gasteiger partial charge in [0, 0.05) is 62.6 Å². The van der Waals surface area contributed by atoms with Crippen LogP contribution in [-0.4, -0.2) is 59.8 Å². The van der Waals surface area contributed by atoms with Crippen LogP contribution in [0.15, 0.2) is 133 Å². The molecule has 0 radical (unpaired) electrons. The van der Waals surface area contributed by atoms with Crippen molar-refractivity contribution < 1.29 is 24.1 Å². The van der Waals surface area contributed by atoms with Gasteiger partial charge in [0.1, 0.15) is 11.5 Å². The van der Waals surface area contributed by atoms with Gasteiger partial charge < -0.3 is 30.0 Å². The average molecular weight is 685 g/mol. The molecule has 0 aliphatic carbocycles. The first kappa shape index (κ1) is 34.4. The first-order valence-corrected chi connectivity index (χ1v) is 17.6. The Bertz CT molecular complexity index is 1810. The lowest BCUT2D eigenvalue weighted by atomic mass is 9.99. The number of urea groups is 1. The molecule has 3 atom stereocenters. The van der Waals surface area contributed by atoms with Gasteiger partial charge in [-0.05, 0) is 65.2 Å². The van der Waals surface area contributed by atoms with Crippen molar-refractivity contribution in [1.82, 2.24) is 9.80 Å². The molecule has 9 heteroatoms. The second kappa shape index (κ2) is 16.8. The van der Waals surface area contributed by atoms with Crippen LogP contribution in [0.4, 0.5) is 16.2 Å². The number of rotatable bonds is 11. The zero-order valence-corrected chi connectivity index (χ0v) is 28.6. The largest absolute Gasteiger partial charge is 0.457 e. The highest BCUT2D eigenvalue weighted by molar-refractivity contribution is 5.99. The molecular formula is C42H44N4O5.